The van der Waals surface area contributed by atoms with Crippen LogP contribution >= 0.6 is 0 Å². The molecule has 0 aliphatic rings. The fourth-order valence-corrected chi connectivity index (χ4v) is 3.24. The molecule has 2 aromatic carbocycles. The standard InChI is InChI=1S/C21H28O6/c1-25-19-6-4-14(10-18(19)24)8-16(12-22)17(13-23)9-15-5-7-20(26-2)21(11-15)27-3/h4-7,10-11,16-17,22-24H,8-9,12-13H2,1-3H3/t16-,17-/m0/s1. The summed E-state index contributed by atoms with van der Waals surface area (Å²) in [5, 5.41) is 29.7. The molecule has 0 aliphatic carbocycles. The van der Waals surface area contributed by atoms with Gasteiger partial charge in [0.2, 0.25) is 0 Å². The SMILES string of the molecule is COc1ccc(C[C@@H](CO)[C@H](CO)Cc2ccc(OC)c(OC)c2)cc1O. The third-order valence-electron chi connectivity index (χ3n) is 4.82. The van der Waals surface area contributed by atoms with E-state index >= 15 is 0 Å². The second kappa shape index (κ2) is 10.0. The first-order valence-electron chi connectivity index (χ1n) is 8.84. The monoisotopic (exact) mass is 376 g/mol. The van der Waals surface area contributed by atoms with Gasteiger partial charge in [-0.3, -0.25) is 0 Å². The molecule has 148 valence electrons. The summed E-state index contributed by atoms with van der Waals surface area (Å²) >= 11 is 0. The zero-order valence-electron chi connectivity index (χ0n) is 16.0. The quantitative estimate of drug-likeness (QED) is 0.590. The first kappa shape index (κ1) is 20.9. The highest BCUT2D eigenvalue weighted by Crippen LogP contribution is 2.31. The van der Waals surface area contributed by atoms with Gasteiger partial charge >= 0.3 is 0 Å². The zero-order valence-corrected chi connectivity index (χ0v) is 16.0. The number of phenolic OH excluding ortho intramolecular Hbond substituents is 1. The molecule has 27 heavy (non-hydrogen) atoms. The van der Waals surface area contributed by atoms with Crippen LogP contribution in [0.1, 0.15) is 11.1 Å². The number of aromatic hydroxyl groups is 1. The Balaban J connectivity index is 2.15. The molecule has 2 rings (SSSR count). The number of benzene rings is 2. The molecule has 0 saturated carbocycles. The number of methoxy groups -OCH3 is 3. The Bertz CT molecular complexity index is 731. The van der Waals surface area contributed by atoms with Gasteiger partial charge in [-0.25, -0.2) is 0 Å². The van der Waals surface area contributed by atoms with Crippen molar-refractivity contribution in [3.05, 3.63) is 47.5 Å². The second-order valence-electron chi connectivity index (χ2n) is 6.49. The van der Waals surface area contributed by atoms with Crippen LogP contribution in [0.5, 0.6) is 23.0 Å². The Morgan fingerprint density at radius 1 is 0.704 bits per heavy atom. The minimum atomic E-state index is -0.157. The largest absolute Gasteiger partial charge is 0.504 e. The van der Waals surface area contributed by atoms with Crippen molar-refractivity contribution in [1.82, 2.24) is 0 Å². The van der Waals surface area contributed by atoms with E-state index in [2.05, 4.69) is 0 Å². The lowest BCUT2D eigenvalue weighted by atomic mass is 9.83. The van der Waals surface area contributed by atoms with Crippen LogP contribution in [0.3, 0.4) is 0 Å². The number of ether oxygens (including phenoxy) is 3. The van der Waals surface area contributed by atoms with E-state index in [4.69, 9.17) is 14.2 Å². The molecular weight excluding hydrogens is 348 g/mol. The second-order valence-corrected chi connectivity index (χ2v) is 6.49. The molecule has 6 heteroatoms. The molecule has 6 nitrogen and oxygen atoms in total. The predicted octanol–water partition coefficient (Wildman–Crippen LogP) is 2.42. The van der Waals surface area contributed by atoms with Crippen LogP contribution < -0.4 is 14.2 Å². The first-order valence-corrected chi connectivity index (χ1v) is 8.84. The van der Waals surface area contributed by atoms with E-state index in [0.29, 0.717) is 30.1 Å². The highest BCUT2D eigenvalue weighted by Gasteiger charge is 2.22. The summed E-state index contributed by atoms with van der Waals surface area (Å²) in [5.41, 5.74) is 1.86. The van der Waals surface area contributed by atoms with Crippen LogP contribution in [0, 0.1) is 11.8 Å². The van der Waals surface area contributed by atoms with E-state index in [0.717, 1.165) is 11.1 Å². The van der Waals surface area contributed by atoms with Gasteiger partial charge in [0.1, 0.15) is 0 Å². The van der Waals surface area contributed by atoms with Gasteiger partial charge in [0.15, 0.2) is 23.0 Å². The van der Waals surface area contributed by atoms with Gasteiger partial charge in [0.05, 0.1) is 21.3 Å². The minimum absolute atomic E-state index is 0.0539. The van der Waals surface area contributed by atoms with Gasteiger partial charge < -0.3 is 29.5 Å². The fraction of sp³-hybridized carbons (Fsp3) is 0.429. The van der Waals surface area contributed by atoms with Crippen molar-refractivity contribution in [2.45, 2.75) is 12.8 Å². The van der Waals surface area contributed by atoms with Gasteiger partial charge in [-0.2, -0.15) is 0 Å². The Morgan fingerprint density at radius 3 is 1.63 bits per heavy atom. The van der Waals surface area contributed by atoms with Crippen LogP contribution in [-0.2, 0) is 12.8 Å². The van der Waals surface area contributed by atoms with E-state index in [1.807, 2.05) is 24.3 Å². The van der Waals surface area contributed by atoms with Crippen molar-refractivity contribution in [2.75, 3.05) is 34.5 Å². The van der Waals surface area contributed by atoms with E-state index < -0.39 is 0 Å². The molecule has 2 atom stereocenters. The lowest BCUT2D eigenvalue weighted by Crippen LogP contribution is -2.26. The maximum atomic E-state index is 9.95. The fourth-order valence-electron chi connectivity index (χ4n) is 3.24. The van der Waals surface area contributed by atoms with Crippen LogP contribution in [0.4, 0.5) is 0 Å². The van der Waals surface area contributed by atoms with E-state index in [-0.39, 0.29) is 30.8 Å². The summed E-state index contributed by atoms with van der Waals surface area (Å²) in [5.74, 6) is 1.45. The van der Waals surface area contributed by atoms with Gasteiger partial charge in [-0.15, -0.1) is 0 Å². The number of aliphatic hydroxyl groups is 2. The summed E-state index contributed by atoms with van der Waals surface area (Å²) in [6, 6.07) is 10.8. The molecule has 0 amide bonds. The third kappa shape index (κ3) is 5.28. The molecule has 0 spiro atoms. The molecule has 0 saturated heterocycles. The third-order valence-corrected chi connectivity index (χ3v) is 4.82. The molecule has 0 unspecified atom stereocenters. The minimum Gasteiger partial charge on any atom is -0.504 e. The maximum absolute atomic E-state index is 9.95. The predicted molar refractivity (Wildman–Crippen MR) is 103 cm³/mol. The Hall–Kier alpha value is -2.44. The van der Waals surface area contributed by atoms with Crippen molar-refractivity contribution in [3.8, 4) is 23.0 Å². The molecule has 0 aromatic heterocycles. The van der Waals surface area contributed by atoms with E-state index in [1.165, 1.54) is 7.11 Å². The highest BCUT2D eigenvalue weighted by molar-refractivity contribution is 5.43. The van der Waals surface area contributed by atoms with Crippen molar-refractivity contribution < 1.29 is 29.5 Å². The van der Waals surface area contributed by atoms with Gasteiger partial charge in [0.25, 0.3) is 0 Å². The van der Waals surface area contributed by atoms with Gasteiger partial charge in [0, 0.05) is 13.2 Å². The van der Waals surface area contributed by atoms with Crippen LogP contribution in [0.2, 0.25) is 0 Å². The Labute approximate surface area is 159 Å². The summed E-state index contributed by atoms with van der Waals surface area (Å²) < 4.78 is 15.6. The summed E-state index contributed by atoms with van der Waals surface area (Å²) in [6.45, 7) is -0.118. The topological polar surface area (TPSA) is 88.4 Å². The summed E-state index contributed by atoms with van der Waals surface area (Å²) in [4.78, 5) is 0. The normalized spacial score (nSPS) is 13.1. The van der Waals surface area contributed by atoms with Crippen LogP contribution in [0.15, 0.2) is 36.4 Å². The van der Waals surface area contributed by atoms with Crippen molar-refractivity contribution in [3.63, 3.8) is 0 Å². The molecule has 2 aromatic rings. The Kier molecular flexibility index (Phi) is 7.76. The molecule has 0 radical (unpaired) electrons. The number of rotatable bonds is 10. The van der Waals surface area contributed by atoms with Crippen molar-refractivity contribution >= 4 is 0 Å². The molecular formula is C21H28O6. The number of aliphatic hydroxyl groups excluding tert-OH is 2. The van der Waals surface area contributed by atoms with Crippen LogP contribution in [-0.4, -0.2) is 49.9 Å². The highest BCUT2D eigenvalue weighted by atomic mass is 16.5. The Morgan fingerprint density at radius 2 is 1.19 bits per heavy atom. The zero-order chi connectivity index (χ0) is 19.8. The maximum Gasteiger partial charge on any atom is 0.160 e. The average molecular weight is 376 g/mol. The van der Waals surface area contributed by atoms with Crippen LogP contribution in [0.25, 0.3) is 0 Å². The molecule has 0 heterocycles. The number of hydrogen-bond donors (Lipinski definition) is 3. The van der Waals surface area contributed by atoms with Crippen molar-refractivity contribution in [1.29, 1.82) is 0 Å². The number of hydrogen-bond acceptors (Lipinski definition) is 6. The number of phenols is 1. The van der Waals surface area contributed by atoms with E-state index in [9.17, 15) is 15.3 Å². The molecule has 0 fully saturated rings. The summed E-state index contributed by atoms with van der Waals surface area (Å²) in [7, 11) is 4.66. The summed E-state index contributed by atoms with van der Waals surface area (Å²) in [6.07, 6.45) is 1.12. The van der Waals surface area contributed by atoms with E-state index in [1.54, 1.807) is 26.4 Å². The smallest absolute Gasteiger partial charge is 0.160 e. The molecule has 0 bridgehead atoms. The average Bonchev–Trinajstić information content (AvgIpc) is 2.70. The van der Waals surface area contributed by atoms with Gasteiger partial charge in [-0.1, -0.05) is 12.1 Å². The molecule has 3 N–H and O–H groups in total. The molecule has 0 aliphatic heterocycles. The lowest BCUT2D eigenvalue weighted by molar-refractivity contribution is 0.119. The van der Waals surface area contributed by atoms with Crippen molar-refractivity contribution in [2.24, 2.45) is 11.8 Å². The van der Waals surface area contributed by atoms with Gasteiger partial charge in [-0.05, 0) is 60.1 Å². The lowest BCUT2D eigenvalue weighted by Gasteiger charge is -2.24. The first-order chi connectivity index (χ1) is 13.1.